The van der Waals surface area contributed by atoms with E-state index in [-0.39, 0.29) is 16.8 Å². The lowest BCUT2D eigenvalue weighted by molar-refractivity contribution is -0.120. The van der Waals surface area contributed by atoms with Crippen molar-refractivity contribution < 1.29 is 17.9 Å². The molecule has 1 fully saturated rings. The maximum Gasteiger partial charge on any atom is 0.243 e. The quantitative estimate of drug-likeness (QED) is 0.641. The zero-order valence-electron chi connectivity index (χ0n) is 18.4. The van der Waals surface area contributed by atoms with Crippen molar-refractivity contribution in [2.24, 2.45) is 0 Å². The van der Waals surface area contributed by atoms with Crippen LogP contribution in [0.5, 0.6) is 5.75 Å². The van der Waals surface area contributed by atoms with Crippen LogP contribution >= 0.6 is 0 Å². The van der Waals surface area contributed by atoms with E-state index in [4.69, 9.17) is 4.74 Å². The molecule has 168 valence electrons. The van der Waals surface area contributed by atoms with Gasteiger partial charge >= 0.3 is 0 Å². The molecule has 1 N–H and O–H groups in total. The van der Waals surface area contributed by atoms with Crippen molar-refractivity contribution in [1.29, 1.82) is 0 Å². The van der Waals surface area contributed by atoms with E-state index in [0.717, 1.165) is 24.2 Å². The molecule has 2 aromatic carbocycles. The number of anilines is 1. The third-order valence-electron chi connectivity index (χ3n) is 5.53. The maximum absolute atomic E-state index is 12.7. The highest BCUT2D eigenvalue weighted by molar-refractivity contribution is 7.89. The lowest BCUT2D eigenvalue weighted by Crippen LogP contribution is -2.39. The van der Waals surface area contributed by atoms with Gasteiger partial charge in [0.1, 0.15) is 5.75 Å². The van der Waals surface area contributed by atoms with Crippen LogP contribution in [0.1, 0.15) is 32.3 Å². The van der Waals surface area contributed by atoms with Crippen molar-refractivity contribution in [3.05, 3.63) is 54.1 Å². The first-order valence-corrected chi connectivity index (χ1v) is 12.1. The molecule has 0 radical (unpaired) electrons. The average Bonchev–Trinajstić information content (AvgIpc) is 3.31. The van der Waals surface area contributed by atoms with Gasteiger partial charge < -0.3 is 10.1 Å². The molecule has 2 aromatic rings. The maximum atomic E-state index is 12.7. The number of hydrogen-bond acceptors (Lipinski definition) is 5. The van der Waals surface area contributed by atoms with Crippen LogP contribution in [0.4, 0.5) is 5.69 Å². The van der Waals surface area contributed by atoms with E-state index in [1.807, 2.05) is 50.1 Å². The zero-order valence-corrected chi connectivity index (χ0v) is 19.2. The van der Waals surface area contributed by atoms with E-state index in [1.54, 1.807) is 24.3 Å². The first kappa shape index (κ1) is 23.2. The summed E-state index contributed by atoms with van der Waals surface area (Å²) in [6.07, 6.45) is 1.80. The summed E-state index contributed by atoms with van der Waals surface area (Å²) in [5.41, 5.74) is 1.66. The second-order valence-electron chi connectivity index (χ2n) is 7.79. The van der Waals surface area contributed by atoms with Crippen LogP contribution in [0.15, 0.2) is 53.4 Å². The van der Waals surface area contributed by atoms with Gasteiger partial charge in [-0.1, -0.05) is 12.1 Å². The molecule has 0 aliphatic carbocycles. The van der Waals surface area contributed by atoms with Crippen molar-refractivity contribution in [1.82, 2.24) is 9.21 Å². The summed E-state index contributed by atoms with van der Waals surface area (Å²) in [7, 11) is -1.56. The van der Waals surface area contributed by atoms with Crippen molar-refractivity contribution in [2.45, 2.75) is 44.2 Å². The van der Waals surface area contributed by atoms with Gasteiger partial charge in [0, 0.05) is 25.3 Å². The number of ether oxygens (including phenoxy) is 1. The van der Waals surface area contributed by atoms with Crippen molar-refractivity contribution in [3.63, 3.8) is 0 Å². The summed E-state index contributed by atoms with van der Waals surface area (Å²) in [6, 6.07) is 13.9. The van der Waals surface area contributed by atoms with Gasteiger partial charge in [-0.3, -0.25) is 9.69 Å². The number of hydrogen-bond donors (Lipinski definition) is 1. The molecule has 0 saturated carbocycles. The third-order valence-corrected chi connectivity index (χ3v) is 7.44. The summed E-state index contributed by atoms with van der Waals surface area (Å²) in [5.74, 6) is 0.679. The number of carbonyl (C=O) groups excluding carboxylic acids is 1. The van der Waals surface area contributed by atoms with Gasteiger partial charge in [0.15, 0.2) is 0 Å². The number of likely N-dealkylation sites (N-methyl/N-ethyl adjacent to an activating group) is 1. The Hall–Kier alpha value is -2.42. The van der Waals surface area contributed by atoms with Crippen molar-refractivity contribution in [3.8, 4) is 5.75 Å². The Morgan fingerprint density at radius 3 is 2.29 bits per heavy atom. The molecule has 1 aliphatic rings. The van der Waals surface area contributed by atoms with Crippen LogP contribution in [0, 0.1) is 0 Å². The first-order valence-electron chi connectivity index (χ1n) is 10.6. The van der Waals surface area contributed by atoms with Gasteiger partial charge in [0.25, 0.3) is 0 Å². The van der Waals surface area contributed by atoms with E-state index >= 15 is 0 Å². The minimum Gasteiger partial charge on any atom is -0.494 e. The Morgan fingerprint density at radius 1 is 1.10 bits per heavy atom. The fourth-order valence-electron chi connectivity index (χ4n) is 3.52. The molecule has 7 nitrogen and oxygen atoms in total. The lowest BCUT2D eigenvalue weighted by atomic mass is 10.1. The third kappa shape index (κ3) is 5.84. The topological polar surface area (TPSA) is 79.0 Å². The second kappa shape index (κ2) is 10.3. The normalized spacial score (nSPS) is 15.7. The van der Waals surface area contributed by atoms with Crippen LogP contribution in [0.25, 0.3) is 0 Å². The van der Waals surface area contributed by atoms with E-state index < -0.39 is 10.0 Å². The van der Waals surface area contributed by atoms with E-state index in [9.17, 15) is 13.2 Å². The van der Waals surface area contributed by atoms with Gasteiger partial charge in [-0.05, 0) is 75.7 Å². The fourth-order valence-corrected chi connectivity index (χ4v) is 5.03. The Kier molecular flexibility index (Phi) is 7.69. The van der Waals surface area contributed by atoms with Crippen molar-refractivity contribution >= 4 is 21.6 Å². The van der Waals surface area contributed by atoms with Crippen LogP contribution in [-0.2, 0) is 21.4 Å². The van der Waals surface area contributed by atoms with Crippen LogP contribution < -0.4 is 10.1 Å². The number of rotatable bonds is 9. The molecule has 1 atom stereocenters. The molecule has 1 aliphatic heterocycles. The summed E-state index contributed by atoms with van der Waals surface area (Å²) < 4.78 is 32.2. The van der Waals surface area contributed by atoms with Crippen LogP contribution in [-0.4, -0.2) is 56.3 Å². The Bertz CT molecular complexity index is 969. The predicted molar refractivity (Wildman–Crippen MR) is 122 cm³/mol. The minimum absolute atomic E-state index is 0.149. The number of amides is 1. The molecule has 0 bridgehead atoms. The molecule has 31 heavy (non-hydrogen) atoms. The van der Waals surface area contributed by atoms with Crippen molar-refractivity contribution in [2.75, 3.05) is 32.1 Å². The molecule has 3 rings (SSSR count). The van der Waals surface area contributed by atoms with E-state index in [2.05, 4.69) is 5.32 Å². The van der Waals surface area contributed by atoms with Gasteiger partial charge in [-0.15, -0.1) is 0 Å². The zero-order chi connectivity index (χ0) is 22.4. The number of sulfonamides is 1. The Morgan fingerprint density at radius 2 is 1.71 bits per heavy atom. The lowest BCUT2D eigenvalue weighted by Gasteiger charge is -2.24. The largest absolute Gasteiger partial charge is 0.494 e. The standard InChI is InChI=1S/C23H31N3O4S/c1-4-30-21-11-7-19(8-12-21)17-25(3)18(2)23(27)24-20-9-13-22(14-10-20)31(28,29)26-15-5-6-16-26/h7-14,18H,4-6,15-17H2,1-3H3,(H,24,27)/t18-/m0/s1. The van der Waals surface area contributed by atoms with Crippen LogP contribution in [0.2, 0.25) is 0 Å². The Balaban J connectivity index is 1.57. The van der Waals surface area contributed by atoms with Gasteiger partial charge in [0.2, 0.25) is 15.9 Å². The highest BCUT2D eigenvalue weighted by Gasteiger charge is 2.27. The summed E-state index contributed by atoms with van der Waals surface area (Å²) >= 11 is 0. The molecule has 0 unspecified atom stereocenters. The number of nitrogens with one attached hydrogen (secondary N) is 1. The molecule has 0 aromatic heterocycles. The molecule has 1 amide bonds. The van der Waals surface area contributed by atoms with E-state index in [0.29, 0.717) is 31.9 Å². The predicted octanol–water partition coefficient (Wildman–Crippen LogP) is 3.33. The van der Waals surface area contributed by atoms with Gasteiger partial charge in [0.05, 0.1) is 17.5 Å². The average molecular weight is 446 g/mol. The first-order chi connectivity index (χ1) is 14.8. The minimum atomic E-state index is -3.45. The molecule has 1 saturated heterocycles. The summed E-state index contributed by atoms with van der Waals surface area (Å²) in [4.78, 5) is 14.9. The molecular formula is C23H31N3O4S. The van der Waals surface area contributed by atoms with Crippen LogP contribution in [0.3, 0.4) is 0 Å². The Labute approximate surface area is 185 Å². The molecule has 1 heterocycles. The summed E-state index contributed by atoms with van der Waals surface area (Å²) in [5, 5.41) is 2.87. The second-order valence-corrected chi connectivity index (χ2v) is 9.73. The molecular weight excluding hydrogens is 414 g/mol. The molecule has 0 spiro atoms. The number of carbonyl (C=O) groups is 1. The molecule has 8 heteroatoms. The SMILES string of the molecule is CCOc1ccc(CN(C)[C@@H](C)C(=O)Nc2ccc(S(=O)(=O)N3CCCC3)cc2)cc1. The summed E-state index contributed by atoms with van der Waals surface area (Å²) in [6.45, 7) is 6.17. The number of benzene rings is 2. The highest BCUT2D eigenvalue weighted by atomic mass is 32.2. The van der Waals surface area contributed by atoms with Gasteiger partial charge in [-0.25, -0.2) is 8.42 Å². The smallest absolute Gasteiger partial charge is 0.243 e. The number of nitrogens with zero attached hydrogens (tertiary/aromatic N) is 2. The highest BCUT2D eigenvalue weighted by Crippen LogP contribution is 2.22. The van der Waals surface area contributed by atoms with Gasteiger partial charge in [-0.2, -0.15) is 4.31 Å². The van der Waals surface area contributed by atoms with E-state index in [1.165, 1.54) is 4.31 Å². The monoisotopic (exact) mass is 445 g/mol. The fraction of sp³-hybridized carbons (Fsp3) is 0.435.